The van der Waals surface area contributed by atoms with Crippen LogP contribution < -0.4 is 10.1 Å². The van der Waals surface area contributed by atoms with Gasteiger partial charge in [-0.3, -0.25) is 9.59 Å². The van der Waals surface area contributed by atoms with Crippen LogP contribution in [0.4, 0.5) is 4.79 Å². The Balaban J connectivity index is 2.39. The number of carbonyl (C=O) groups excluding carboxylic acids is 3. The molecule has 7 nitrogen and oxygen atoms in total. The molecule has 0 spiro atoms. The summed E-state index contributed by atoms with van der Waals surface area (Å²) < 4.78 is 10.5. The Morgan fingerprint density at radius 1 is 1.19 bits per heavy atom. The van der Waals surface area contributed by atoms with E-state index in [1.165, 1.54) is 6.08 Å². The van der Waals surface area contributed by atoms with E-state index < -0.39 is 29.6 Å². The SMILES string of the molecule is COc1ccc(/C=C2\NC(=O)[C@H](C(C)C)N(C(=O)OC(C)(C)C)C2=O)cc1. The lowest BCUT2D eigenvalue weighted by Crippen LogP contribution is -2.61. The maximum Gasteiger partial charge on any atom is 0.418 e. The maximum atomic E-state index is 13.0. The van der Waals surface area contributed by atoms with Crippen molar-refractivity contribution >= 4 is 24.0 Å². The molecule has 3 amide bonds. The Bertz CT molecular complexity index is 760. The lowest BCUT2D eigenvalue weighted by atomic mass is 9.98. The molecular weight excluding hydrogens is 348 g/mol. The Hall–Kier alpha value is -2.83. The molecular formula is C20H26N2O5. The third-order valence-electron chi connectivity index (χ3n) is 3.90. The molecule has 2 rings (SSSR count). The summed E-state index contributed by atoms with van der Waals surface area (Å²) in [7, 11) is 1.56. The van der Waals surface area contributed by atoms with Crippen LogP contribution in [0.25, 0.3) is 6.08 Å². The van der Waals surface area contributed by atoms with Gasteiger partial charge in [0.15, 0.2) is 0 Å². The molecule has 0 aliphatic carbocycles. The zero-order chi connectivity index (χ0) is 20.4. The summed E-state index contributed by atoms with van der Waals surface area (Å²) in [6.45, 7) is 8.66. The molecule has 1 heterocycles. The van der Waals surface area contributed by atoms with E-state index in [0.717, 1.165) is 4.90 Å². The van der Waals surface area contributed by atoms with Crippen LogP contribution in [-0.2, 0) is 14.3 Å². The van der Waals surface area contributed by atoms with Crippen molar-refractivity contribution in [2.75, 3.05) is 7.11 Å². The molecule has 1 N–H and O–H groups in total. The number of methoxy groups -OCH3 is 1. The van der Waals surface area contributed by atoms with Crippen LogP contribution in [0.3, 0.4) is 0 Å². The van der Waals surface area contributed by atoms with E-state index in [-0.39, 0.29) is 11.6 Å². The summed E-state index contributed by atoms with van der Waals surface area (Å²) in [5, 5.41) is 2.61. The topological polar surface area (TPSA) is 84.9 Å². The van der Waals surface area contributed by atoms with Crippen LogP contribution in [-0.4, -0.2) is 41.6 Å². The number of hydrogen-bond donors (Lipinski definition) is 1. The highest BCUT2D eigenvalue weighted by molar-refractivity contribution is 6.13. The summed E-state index contributed by atoms with van der Waals surface area (Å²) >= 11 is 0. The molecule has 0 aromatic heterocycles. The smallest absolute Gasteiger partial charge is 0.418 e. The Morgan fingerprint density at radius 3 is 2.26 bits per heavy atom. The summed E-state index contributed by atoms with van der Waals surface area (Å²) in [6.07, 6.45) is 0.690. The van der Waals surface area contributed by atoms with Gasteiger partial charge in [0.25, 0.3) is 5.91 Å². The Kier molecular flexibility index (Phi) is 5.93. The molecule has 1 aliphatic rings. The second-order valence-electron chi connectivity index (χ2n) is 7.66. The van der Waals surface area contributed by atoms with Crippen LogP contribution in [0.2, 0.25) is 0 Å². The van der Waals surface area contributed by atoms with Crippen LogP contribution in [0, 0.1) is 5.92 Å². The quantitative estimate of drug-likeness (QED) is 0.822. The first kappa shape index (κ1) is 20.5. The van der Waals surface area contributed by atoms with Crippen LogP contribution in [0.1, 0.15) is 40.2 Å². The molecule has 1 aromatic carbocycles. The number of nitrogens with one attached hydrogen (secondary N) is 1. The van der Waals surface area contributed by atoms with Crippen LogP contribution in [0.5, 0.6) is 5.75 Å². The van der Waals surface area contributed by atoms with Gasteiger partial charge in [-0.15, -0.1) is 0 Å². The minimum Gasteiger partial charge on any atom is -0.497 e. The van der Waals surface area contributed by atoms with Gasteiger partial charge in [-0.05, 0) is 50.5 Å². The number of benzene rings is 1. The van der Waals surface area contributed by atoms with Gasteiger partial charge in [0, 0.05) is 0 Å². The number of amides is 3. The lowest BCUT2D eigenvalue weighted by molar-refractivity contribution is -0.143. The van der Waals surface area contributed by atoms with Gasteiger partial charge in [-0.1, -0.05) is 26.0 Å². The fraction of sp³-hybridized carbons (Fsp3) is 0.450. The van der Waals surface area contributed by atoms with Crippen molar-refractivity contribution in [1.82, 2.24) is 10.2 Å². The second-order valence-corrected chi connectivity index (χ2v) is 7.66. The van der Waals surface area contributed by atoms with Crippen molar-refractivity contribution in [1.29, 1.82) is 0 Å². The fourth-order valence-corrected chi connectivity index (χ4v) is 2.71. The molecule has 0 radical (unpaired) electrons. The van der Waals surface area contributed by atoms with Gasteiger partial charge in [0.2, 0.25) is 5.91 Å². The molecule has 0 saturated carbocycles. The second kappa shape index (κ2) is 7.82. The number of hydrogen-bond acceptors (Lipinski definition) is 5. The van der Waals surface area contributed by atoms with Crippen molar-refractivity contribution in [2.45, 2.75) is 46.3 Å². The fourth-order valence-electron chi connectivity index (χ4n) is 2.71. The molecule has 1 aliphatic heterocycles. The normalized spacial score (nSPS) is 19.3. The zero-order valence-corrected chi connectivity index (χ0v) is 16.5. The third kappa shape index (κ3) is 4.87. The van der Waals surface area contributed by atoms with Gasteiger partial charge in [-0.25, -0.2) is 9.69 Å². The molecule has 0 bridgehead atoms. The minimum atomic E-state index is -0.930. The molecule has 7 heteroatoms. The largest absolute Gasteiger partial charge is 0.497 e. The molecule has 0 unspecified atom stereocenters. The monoisotopic (exact) mass is 374 g/mol. The van der Waals surface area contributed by atoms with E-state index in [1.54, 1.807) is 66.0 Å². The predicted octanol–water partition coefficient (Wildman–Crippen LogP) is 2.95. The van der Waals surface area contributed by atoms with Gasteiger partial charge in [0.05, 0.1) is 7.11 Å². The van der Waals surface area contributed by atoms with Crippen molar-refractivity contribution in [3.8, 4) is 5.75 Å². The number of nitrogens with zero attached hydrogens (tertiary/aromatic N) is 1. The molecule has 1 aromatic rings. The highest BCUT2D eigenvalue weighted by Gasteiger charge is 2.44. The van der Waals surface area contributed by atoms with Crippen molar-refractivity contribution in [2.24, 2.45) is 5.92 Å². The zero-order valence-electron chi connectivity index (χ0n) is 16.5. The molecule has 1 saturated heterocycles. The van der Waals surface area contributed by atoms with Crippen LogP contribution in [0.15, 0.2) is 30.0 Å². The maximum absolute atomic E-state index is 13.0. The molecule has 1 fully saturated rings. The molecule has 1 atom stereocenters. The number of rotatable bonds is 3. The predicted molar refractivity (Wildman–Crippen MR) is 101 cm³/mol. The minimum absolute atomic E-state index is 0.0212. The van der Waals surface area contributed by atoms with Gasteiger partial charge < -0.3 is 14.8 Å². The Labute approximate surface area is 159 Å². The summed E-state index contributed by atoms with van der Waals surface area (Å²) in [6, 6.07) is 6.05. The number of piperazine rings is 1. The van der Waals surface area contributed by atoms with Crippen molar-refractivity contribution in [3.05, 3.63) is 35.5 Å². The van der Waals surface area contributed by atoms with Crippen LogP contribution >= 0.6 is 0 Å². The number of ether oxygens (including phenoxy) is 2. The van der Waals surface area contributed by atoms with E-state index in [1.807, 2.05) is 0 Å². The summed E-state index contributed by atoms with van der Waals surface area (Å²) in [4.78, 5) is 39.1. The highest BCUT2D eigenvalue weighted by Crippen LogP contribution is 2.24. The first-order valence-corrected chi connectivity index (χ1v) is 8.76. The Morgan fingerprint density at radius 2 is 1.78 bits per heavy atom. The summed E-state index contributed by atoms with van der Waals surface area (Å²) in [5.74, 6) is -0.607. The number of imide groups is 1. The van der Waals surface area contributed by atoms with E-state index in [0.29, 0.717) is 11.3 Å². The highest BCUT2D eigenvalue weighted by atomic mass is 16.6. The molecule has 146 valence electrons. The first-order chi connectivity index (χ1) is 12.5. The molecule has 27 heavy (non-hydrogen) atoms. The van der Waals surface area contributed by atoms with E-state index in [2.05, 4.69) is 5.32 Å². The van der Waals surface area contributed by atoms with E-state index in [9.17, 15) is 14.4 Å². The van der Waals surface area contributed by atoms with E-state index in [4.69, 9.17) is 9.47 Å². The first-order valence-electron chi connectivity index (χ1n) is 8.76. The van der Waals surface area contributed by atoms with E-state index >= 15 is 0 Å². The third-order valence-corrected chi connectivity index (χ3v) is 3.90. The lowest BCUT2D eigenvalue weighted by Gasteiger charge is -2.37. The van der Waals surface area contributed by atoms with Gasteiger partial charge in [-0.2, -0.15) is 0 Å². The average Bonchev–Trinajstić information content (AvgIpc) is 2.56. The van der Waals surface area contributed by atoms with Crippen molar-refractivity contribution in [3.63, 3.8) is 0 Å². The summed E-state index contributed by atoms with van der Waals surface area (Å²) in [5.41, 5.74) is -0.0772. The van der Waals surface area contributed by atoms with Gasteiger partial charge >= 0.3 is 6.09 Å². The van der Waals surface area contributed by atoms with Gasteiger partial charge in [0.1, 0.15) is 23.1 Å². The van der Waals surface area contributed by atoms with Crippen molar-refractivity contribution < 1.29 is 23.9 Å². The number of carbonyl (C=O) groups is 3. The standard InChI is InChI=1S/C20H26N2O5/c1-12(2)16-17(23)21-15(11-13-7-9-14(26-6)10-8-13)18(24)22(16)19(25)27-20(3,4)5/h7-12,16H,1-6H3,(H,21,23)/b15-11-/t16-/m0/s1. The average molecular weight is 374 g/mol.